The van der Waals surface area contributed by atoms with Crippen molar-refractivity contribution in [2.24, 2.45) is 5.92 Å². The number of para-hydroxylation sites is 1. The van der Waals surface area contributed by atoms with Crippen LogP contribution in [0.1, 0.15) is 31.9 Å². The molecule has 0 saturated carbocycles. The Morgan fingerprint density at radius 3 is 2.18 bits per heavy atom. The maximum atomic E-state index is 2.45. The highest BCUT2D eigenvalue weighted by molar-refractivity contribution is 6.22. The van der Waals surface area contributed by atoms with Crippen molar-refractivity contribution in [1.82, 2.24) is 4.57 Å². The van der Waals surface area contributed by atoms with E-state index < -0.39 is 0 Å². The van der Waals surface area contributed by atoms with E-state index in [1.807, 2.05) is 0 Å². The van der Waals surface area contributed by atoms with Crippen molar-refractivity contribution in [2.75, 3.05) is 0 Å². The van der Waals surface area contributed by atoms with Gasteiger partial charge in [0.15, 0.2) is 0 Å². The minimum Gasteiger partial charge on any atom is -0.309 e. The molecule has 6 aromatic carbocycles. The lowest BCUT2D eigenvalue weighted by Gasteiger charge is -2.14. The molecule has 0 aliphatic heterocycles. The number of nitrogens with zero attached hydrogens (tertiary/aromatic N) is 1. The zero-order chi connectivity index (χ0) is 30.2. The van der Waals surface area contributed by atoms with Crippen LogP contribution in [0.25, 0.3) is 66.2 Å². The third-order valence-electron chi connectivity index (χ3n) is 8.84. The fourth-order valence-corrected chi connectivity index (χ4v) is 6.57. The number of allylic oxidation sites excluding steroid dienone is 5. The third-order valence-corrected chi connectivity index (χ3v) is 8.84. The molecule has 0 amide bonds. The van der Waals surface area contributed by atoms with Gasteiger partial charge in [0.1, 0.15) is 0 Å². The van der Waals surface area contributed by atoms with E-state index in [1.165, 1.54) is 76.9 Å². The number of benzene rings is 6. The average molecular weight is 568 g/mol. The Bertz CT molecular complexity index is 2270. The molecule has 0 fully saturated rings. The van der Waals surface area contributed by atoms with Crippen molar-refractivity contribution in [3.8, 4) is 16.8 Å². The van der Waals surface area contributed by atoms with Gasteiger partial charge in [0, 0.05) is 21.8 Å². The number of aryl methyl sites for hydroxylation is 1. The van der Waals surface area contributed by atoms with Crippen molar-refractivity contribution < 1.29 is 0 Å². The van der Waals surface area contributed by atoms with Crippen LogP contribution in [-0.2, 0) is 0 Å². The van der Waals surface area contributed by atoms with Crippen molar-refractivity contribution >= 4 is 49.4 Å². The quantitative estimate of drug-likeness (QED) is 0.176. The first-order chi connectivity index (χ1) is 21.5. The van der Waals surface area contributed by atoms with Gasteiger partial charge in [-0.3, -0.25) is 0 Å². The lowest BCUT2D eigenvalue weighted by molar-refractivity contribution is 0.791. The minimum atomic E-state index is 0.495. The van der Waals surface area contributed by atoms with Crippen LogP contribution in [0.2, 0.25) is 0 Å². The molecule has 214 valence electrons. The number of aromatic nitrogens is 1. The van der Waals surface area contributed by atoms with Crippen molar-refractivity contribution in [3.05, 3.63) is 156 Å². The number of hydrogen-bond acceptors (Lipinski definition) is 0. The predicted molar refractivity (Wildman–Crippen MR) is 193 cm³/mol. The van der Waals surface area contributed by atoms with E-state index in [9.17, 15) is 0 Å². The Morgan fingerprint density at radius 1 is 0.682 bits per heavy atom. The van der Waals surface area contributed by atoms with E-state index in [-0.39, 0.29) is 0 Å². The molecule has 0 bridgehead atoms. The van der Waals surface area contributed by atoms with Crippen LogP contribution in [-0.4, -0.2) is 4.57 Å². The van der Waals surface area contributed by atoms with Crippen LogP contribution in [0.15, 0.2) is 145 Å². The van der Waals surface area contributed by atoms with Gasteiger partial charge in [0.05, 0.1) is 11.0 Å². The van der Waals surface area contributed by atoms with Gasteiger partial charge >= 0.3 is 0 Å². The Labute approximate surface area is 260 Å². The average Bonchev–Trinajstić information content (AvgIpc) is 3.39. The van der Waals surface area contributed by atoms with E-state index in [2.05, 4.69) is 178 Å². The van der Waals surface area contributed by atoms with Gasteiger partial charge in [-0.25, -0.2) is 0 Å². The molecule has 1 nitrogen and oxygen atoms in total. The van der Waals surface area contributed by atoms with Crippen LogP contribution >= 0.6 is 0 Å². The Kier molecular flexibility index (Phi) is 7.24. The third kappa shape index (κ3) is 4.85. The van der Waals surface area contributed by atoms with Crippen molar-refractivity contribution in [2.45, 2.75) is 27.7 Å². The second-order valence-corrected chi connectivity index (χ2v) is 12.0. The second-order valence-electron chi connectivity index (χ2n) is 12.0. The summed E-state index contributed by atoms with van der Waals surface area (Å²) in [5, 5.41) is 7.59. The zero-order valence-corrected chi connectivity index (χ0v) is 25.9. The molecule has 0 aliphatic rings. The number of fused-ring (bicyclic) bond motifs is 6. The molecule has 0 atom stereocenters. The largest absolute Gasteiger partial charge is 0.309 e. The first-order valence-electron chi connectivity index (χ1n) is 15.6. The fraction of sp³-hybridized carbons (Fsp3) is 0.116. The van der Waals surface area contributed by atoms with E-state index >= 15 is 0 Å². The fourth-order valence-electron chi connectivity index (χ4n) is 6.57. The first-order valence-corrected chi connectivity index (χ1v) is 15.6. The summed E-state index contributed by atoms with van der Waals surface area (Å²) in [6, 6.07) is 42.4. The molecule has 7 aromatic rings. The van der Waals surface area contributed by atoms with Crippen LogP contribution in [0, 0.1) is 12.8 Å². The molecule has 0 N–H and O–H groups in total. The van der Waals surface area contributed by atoms with Crippen LogP contribution in [0.3, 0.4) is 0 Å². The molecule has 7 rings (SSSR count). The highest BCUT2D eigenvalue weighted by Gasteiger charge is 2.18. The van der Waals surface area contributed by atoms with E-state index in [4.69, 9.17) is 0 Å². The number of rotatable bonds is 6. The maximum Gasteiger partial charge on any atom is 0.0619 e. The highest BCUT2D eigenvalue weighted by atomic mass is 15.0. The minimum absolute atomic E-state index is 0.495. The summed E-state index contributed by atoms with van der Waals surface area (Å²) in [6.07, 6.45) is 10.9. The molecular formula is C43H37N. The molecule has 44 heavy (non-hydrogen) atoms. The van der Waals surface area contributed by atoms with E-state index in [1.54, 1.807) is 0 Å². The summed E-state index contributed by atoms with van der Waals surface area (Å²) >= 11 is 0. The summed E-state index contributed by atoms with van der Waals surface area (Å²) in [6.45, 7) is 8.76. The van der Waals surface area contributed by atoms with Gasteiger partial charge < -0.3 is 4.57 Å². The van der Waals surface area contributed by atoms with Gasteiger partial charge in [-0.05, 0) is 88.0 Å². The zero-order valence-electron chi connectivity index (χ0n) is 25.9. The molecule has 1 heterocycles. The molecule has 1 aromatic heterocycles. The smallest absolute Gasteiger partial charge is 0.0619 e. The molecule has 1 heteroatoms. The number of hydrogen-bond donors (Lipinski definition) is 0. The molecule has 0 aliphatic carbocycles. The summed E-state index contributed by atoms with van der Waals surface area (Å²) in [5.41, 5.74) is 10.0. The first kappa shape index (κ1) is 27.7. The summed E-state index contributed by atoms with van der Waals surface area (Å²) < 4.78 is 2.45. The molecule has 0 unspecified atom stereocenters. The van der Waals surface area contributed by atoms with Crippen LogP contribution in [0.5, 0.6) is 0 Å². The van der Waals surface area contributed by atoms with Gasteiger partial charge in [-0.15, -0.1) is 0 Å². The second kappa shape index (κ2) is 11.5. The molecular weight excluding hydrogens is 530 g/mol. The monoisotopic (exact) mass is 567 g/mol. The predicted octanol–water partition coefficient (Wildman–Crippen LogP) is 12.2. The lowest BCUT2D eigenvalue weighted by Crippen LogP contribution is -1.95. The molecule has 0 saturated heterocycles. The normalized spacial score (nSPS) is 12.7. The Morgan fingerprint density at radius 2 is 1.41 bits per heavy atom. The van der Waals surface area contributed by atoms with Crippen molar-refractivity contribution in [1.29, 1.82) is 0 Å². The van der Waals surface area contributed by atoms with E-state index in [0.29, 0.717) is 5.92 Å². The Balaban J connectivity index is 1.42. The Hall–Kier alpha value is -5.14. The highest BCUT2D eigenvalue weighted by Crippen LogP contribution is 2.41. The van der Waals surface area contributed by atoms with Gasteiger partial charge in [-0.1, -0.05) is 135 Å². The topological polar surface area (TPSA) is 4.93 Å². The summed E-state index contributed by atoms with van der Waals surface area (Å²) in [7, 11) is 0. The molecule has 0 spiro atoms. The van der Waals surface area contributed by atoms with Crippen molar-refractivity contribution in [3.63, 3.8) is 0 Å². The standard InChI is InChI=1S/C43H37N/c1-5-13-31(29(2)3)16-12-17-32-22-23-35(26-30(32)4)40-28-41-38-19-10-11-21-42(38)44(43(41)39-20-9-8-18-37(39)40)36-25-24-33-14-6-7-15-34(33)27-36/h5-29H,1-4H3/b13-5-,17-12-,31-16-. The summed E-state index contributed by atoms with van der Waals surface area (Å²) in [5.74, 6) is 0.495. The van der Waals surface area contributed by atoms with Gasteiger partial charge in [-0.2, -0.15) is 0 Å². The van der Waals surface area contributed by atoms with Gasteiger partial charge in [0.25, 0.3) is 0 Å². The lowest BCUT2D eigenvalue weighted by atomic mass is 9.93. The van der Waals surface area contributed by atoms with Gasteiger partial charge in [0.2, 0.25) is 0 Å². The SMILES string of the molecule is C\C=C/C(=C/C=C\c1ccc(-c2cc3c4ccccc4n(-c4ccc5ccccc5c4)c3c3ccccc23)cc1C)C(C)C. The van der Waals surface area contributed by atoms with Crippen LogP contribution < -0.4 is 0 Å². The van der Waals surface area contributed by atoms with Crippen LogP contribution in [0.4, 0.5) is 0 Å². The molecule has 0 radical (unpaired) electrons. The summed E-state index contributed by atoms with van der Waals surface area (Å²) in [4.78, 5) is 0. The van der Waals surface area contributed by atoms with E-state index in [0.717, 1.165) is 0 Å². The maximum absolute atomic E-state index is 2.45.